The van der Waals surface area contributed by atoms with E-state index in [1.54, 1.807) is 0 Å². The molecule has 0 heterocycles. The molecule has 0 N–H and O–H groups in total. The van der Waals surface area contributed by atoms with Gasteiger partial charge in [-0.1, -0.05) is 5.94 Å². The summed E-state index contributed by atoms with van der Waals surface area (Å²) in [4.78, 5) is 0. The van der Waals surface area contributed by atoms with Crippen LogP contribution in [0.5, 0.6) is 0 Å². The van der Waals surface area contributed by atoms with Gasteiger partial charge in [-0.15, -0.1) is 0 Å². The molecule has 0 bridgehead atoms. The van der Waals surface area contributed by atoms with Gasteiger partial charge in [0.15, 0.2) is 0 Å². The average Bonchev–Trinajstić information content (AvgIpc) is 0.918. The Morgan fingerprint density at radius 3 is 1.75 bits per heavy atom. The molecule has 0 spiro atoms. The van der Waals surface area contributed by atoms with Crippen LogP contribution in [0.15, 0.2) is 0 Å². The fourth-order valence-corrected chi connectivity index (χ4v) is 0. The van der Waals surface area contributed by atoms with Crippen LogP contribution in [-0.4, -0.2) is 5.94 Å². The van der Waals surface area contributed by atoms with Crippen LogP contribution in [0.4, 0.5) is 0 Å². The van der Waals surface area contributed by atoms with E-state index >= 15 is 0 Å². The van der Waals surface area contributed by atoms with Gasteiger partial charge in [-0.25, -0.2) is 0 Å². The Morgan fingerprint density at radius 1 is 1.75 bits per heavy atom. The maximum Gasteiger partial charge on any atom is 1.00 e. The third kappa shape index (κ3) is 10.3. The van der Waals surface area contributed by atoms with Gasteiger partial charge in [0.2, 0.25) is 0 Å². The quantitative estimate of drug-likeness (QED) is 0.183. The number of hydrogen-bond donors (Lipinski definition) is 1. The predicted octanol–water partition coefficient (Wildman–Crippen LogP) is -3.76. The molecule has 0 aliphatic heterocycles. The van der Waals surface area contributed by atoms with Gasteiger partial charge in [0, 0.05) is 0 Å². The summed E-state index contributed by atoms with van der Waals surface area (Å²) in [5.74, 6) is -0.306. The van der Waals surface area contributed by atoms with Crippen molar-refractivity contribution < 1.29 is 34.7 Å². The van der Waals surface area contributed by atoms with Gasteiger partial charge < -0.3 is 5.11 Å². The van der Waals surface area contributed by atoms with Crippen molar-refractivity contribution in [2.24, 2.45) is 0 Å². The Balaban J connectivity index is 0. The monoisotopic (exact) mass is 86.0 g/mol. The Bertz CT molecular complexity index is 8.00. The van der Waals surface area contributed by atoms with Crippen LogP contribution in [0, 0.1) is 0 Å². The largest absolute Gasteiger partial charge is 1.00 e. The summed E-state index contributed by atoms with van der Waals surface area (Å²) in [5, 5.41) is 8.79. The molecule has 0 aromatic carbocycles. The summed E-state index contributed by atoms with van der Waals surface area (Å²) >= 11 is 3.23. The van der Waals surface area contributed by atoms with Crippen LogP contribution in [0.1, 0.15) is 0 Å². The van der Waals surface area contributed by atoms with E-state index in [4.69, 9.17) is 5.11 Å². The van der Waals surface area contributed by atoms with Crippen LogP contribution in [-0.2, 0) is 0 Å². The first-order valence-corrected chi connectivity index (χ1v) is 1.24. The van der Waals surface area contributed by atoms with Crippen LogP contribution < -0.4 is 34.7 Å². The first-order chi connectivity index (χ1) is 1.41. The number of thiol groups is 1. The number of hydrogen-bond acceptors (Lipinski definition) is 2. The van der Waals surface area contributed by atoms with Crippen molar-refractivity contribution in [1.82, 2.24) is 0 Å². The summed E-state index contributed by atoms with van der Waals surface area (Å²) in [6.07, 6.45) is 0. The fraction of sp³-hybridized carbons (Fsp3) is 1.00. The summed E-state index contributed by atoms with van der Waals surface area (Å²) in [5.41, 5.74) is 0. The molecular weight excluding hydrogens is 83.1 g/mol. The normalized spacial score (nSPS) is 4.50. The SMILES string of the molecule is [Na+].[O-]CS. The molecule has 4 heavy (non-hydrogen) atoms. The van der Waals surface area contributed by atoms with Crippen molar-refractivity contribution >= 4 is 12.6 Å². The molecule has 0 radical (unpaired) electrons. The Morgan fingerprint density at radius 2 is 1.75 bits per heavy atom. The third-order valence-corrected chi connectivity index (χ3v) is 0. The molecule has 0 aromatic rings. The summed E-state index contributed by atoms with van der Waals surface area (Å²) in [7, 11) is 0. The number of rotatable bonds is 0. The minimum Gasteiger partial charge on any atom is -0.847 e. The predicted molar refractivity (Wildman–Crippen MR) is 13.9 cm³/mol. The molecule has 0 saturated heterocycles. The van der Waals surface area contributed by atoms with Crippen molar-refractivity contribution in [1.29, 1.82) is 0 Å². The van der Waals surface area contributed by atoms with Gasteiger partial charge in [0.25, 0.3) is 0 Å². The van der Waals surface area contributed by atoms with Crippen molar-refractivity contribution in [3.05, 3.63) is 0 Å². The van der Waals surface area contributed by atoms with Crippen LogP contribution in [0.25, 0.3) is 0 Å². The van der Waals surface area contributed by atoms with Gasteiger partial charge in [0.05, 0.1) is 0 Å². The zero-order chi connectivity index (χ0) is 2.71. The molecule has 0 aliphatic carbocycles. The summed E-state index contributed by atoms with van der Waals surface area (Å²) < 4.78 is 0. The van der Waals surface area contributed by atoms with Crippen LogP contribution in [0.2, 0.25) is 0 Å². The maximum atomic E-state index is 8.79. The standard InChI is InChI=1S/CH3OS.Na/c2-1-3;/h3H,1H2;/q-1;+1. The van der Waals surface area contributed by atoms with Gasteiger partial charge in [-0.2, -0.15) is 12.6 Å². The first-order valence-electron chi connectivity index (χ1n) is 0.605. The van der Waals surface area contributed by atoms with E-state index in [0.717, 1.165) is 0 Å². The molecule has 0 aromatic heterocycles. The van der Waals surface area contributed by atoms with Crippen molar-refractivity contribution in [3.63, 3.8) is 0 Å². The molecule has 3 heteroatoms. The maximum absolute atomic E-state index is 8.79. The second-order valence-corrected chi connectivity index (χ2v) is 0.387. The second-order valence-electron chi connectivity index (χ2n) is 0.129. The molecule has 0 aliphatic rings. The molecule has 0 rings (SSSR count). The van der Waals surface area contributed by atoms with Gasteiger partial charge in [-0.3, -0.25) is 0 Å². The third-order valence-electron chi connectivity index (χ3n) is 0. The minimum absolute atomic E-state index is 0. The Hall–Kier alpha value is 1.31. The van der Waals surface area contributed by atoms with E-state index in [0.29, 0.717) is 0 Å². The van der Waals surface area contributed by atoms with Gasteiger partial charge in [-0.05, 0) is 0 Å². The molecule has 0 atom stereocenters. The van der Waals surface area contributed by atoms with E-state index in [2.05, 4.69) is 12.6 Å². The topological polar surface area (TPSA) is 23.1 Å². The van der Waals surface area contributed by atoms with Crippen molar-refractivity contribution in [2.45, 2.75) is 0 Å². The van der Waals surface area contributed by atoms with Crippen LogP contribution >= 0.6 is 12.6 Å². The minimum atomic E-state index is -0.306. The zero-order valence-electron chi connectivity index (χ0n) is 2.56. The first kappa shape index (κ1) is 9.00. The molecule has 0 saturated carbocycles. The van der Waals surface area contributed by atoms with E-state index < -0.39 is 0 Å². The molecule has 0 fully saturated rings. The molecule has 0 unspecified atom stereocenters. The smallest absolute Gasteiger partial charge is 0.847 e. The summed E-state index contributed by atoms with van der Waals surface area (Å²) in [6.45, 7) is 0. The van der Waals surface area contributed by atoms with E-state index in [9.17, 15) is 0 Å². The van der Waals surface area contributed by atoms with Crippen molar-refractivity contribution in [3.8, 4) is 0 Å². The van der Waals surface area contributed by atoms with Gasteiger partial charge in [0.1, 0.15) is 0 Å². The van der Waals surface area contributed by atoms with E-state index in [-0.39, 0.29) is 35.5 Å². The zero-order valence-corrected chi connectivity index (χ0v) is 5.46. The van der Waals surface area contributed by atoms with Crippen LogP contribution in [0.3, 0.4) is 0 Å². The molecule has 1 nitrogen and oxygen atoms in total. The van der Waals surface area contributed by atoms with Crippen molar-refractivity contribution in [2.75, 3.05) is 5.94 Å². The van der Waals surface area contributed by atoms with E-state index in [1.807, 2.05) is 0 Å². The van der Waals surface area contributed by atoms with E-state index in [1.165, 1.54) is 0 Å². The Kier molecular flexibility index (Phi) is 19.9. The molecular formula is CH3NaOS. The fourth-order valence-electron chi connectivity index (χ4n) is 0. The molecule has 20 valence electrons. The van der Waals surface area contributed by atoms with Gasteiger partial charge >= 0.3 is 29.6 Å². The second kappa shape index (κ2) is 8.85. The summed E-state index contributed by atoms with van der Waals surface area (Å²) in [6, 6.07) is 0. The average molecular weight is 86.1 g/mol. The molecule has 0 amide bonds. The Labute approximate surface area is 53.1 Å².